The molecule has 1 unspecified atom stereocenters. The first-order chi connectivity index (χ1) is 24.5. The predicted molar refractivity (Wildman–Crippen MR) is 168 cm³/mol. The number of fused-ring (bicyclic) bond motifs is 5. The van der Waals surface area contributed by atoms with Gasteiger partial charge in [-0.05, 0) is 18.4 Å². The van der Waals surface area contributed by atoms with Crippen LogP contribution < -0.4 is 0 Å². The number of aliphatic hydroxyl groups excluding tert-OH is 1. The normalized spacial score (nSPS) is 46.3. The number of hydrogen-bond acceptors (Lipinski definition) is 18. The molecule has 5 N–H and O–H groups in total. The second kappa shape index (κ2) is 11.9. The van der Waals surface area contributed by atoms with E-state index in [1.807, 2.05) is 0 Å². The summed E-state index contributed by atoms with van der Waals surface area (Å²) in [5.41, 5.74) is -19.4. The molecule has 2 bridgehead atoms. The van der Waals surface area contributed by atoms with Gasteiger partial charge in [0.25, 0.3) is 0 Å². The molecule has 2 heterocycles. The van der Waals surface area contributed by atoms with Crippen LogP contribution in [0.3, 0.4) is 0 Å². The first kappa shape index (κ1) is 38.6. The molecule has 18 nitrogen and oxygen atoms in total. The maximum atomic E-state index is 13.9. The van der Waals surface area contributed by atoms with Crippen molar-refractivity contribution in [2.45, 2.75) is 114 Å². The molecule has 0 amide bonds. The maximum Gasteiger partial charge on any atom is 0.306 e. The van der Waals surface area contributed by atoms with Crippen molar-refractivity contribution in [2.75, 3.05) is 13.7 Å². The summed E-state index contributed by atoms with van der Waals surface area (Å²) in [6, 6.07) is 1.39. The average Bonchev–Trinajstić information content (AvgIpc) is 3.71. The summed E-state index contributed by atoms with van der Waals surface area (Å²) in [7, 11) is 1.04. The molecule has 53 heavy (non-hydrogen) atoms. The number of hydrogen-bond donors (Lipinski definition) is 5. The van der Waals surface area contributed by atoms with Gasteiger partial charge in [-0.3, -0.25) is 28.8 Å². The molecule has 1 aliphatic heterocycles. The Balaban J connectivity index is 1.82. The van der Waals surface area contributed by atoms with Crippen molar-refractivity contribution < 1.29 is 87.1 Å². The smallest absolute Gasteiger partial charge is 0.306 e. The molecule has 1 aromatic rings. The molecule has 4 aliphatic carbocycles. The fourth-order valence-corrected chi connectivity index (χ4v) is 11.5. The van der Waals surface area contributed by atoms with Crippen molar-refractivity contribution in [2.24, 2.45) is 28.1 Å². The summed E-state index contributed by atoms with van der Waals surface area (Å²) in [6.07, 6.45) is -10.5. The van der Waals surface area contributed by atoms with E-state index in [-0.39, 0.29) is 5.56 Å². The average molecular weight is 753 g/mol. The van der Waals surface area contributed by atoms with Gasteiger partial charge in [-0.25, -0.2) is 0 Å². The third kappa shape index (κ3) is 4.43. The van der Waals surface area contributed by atoms with Crippen LogP contribution in [0.2, 0.25) is 0 Å². The number of ether oxygens (including phenoxy) is 6. The minimum absolute atomic E-state index is 0.142. The van der Waals surface area contributed by atoms with Crippen LogP contribution >= 0.6 is 0 Å². The molecule has 292 valence electrons. The number of carbonyl (C=O) groups is 6. The SMILES string of the molecule is COC(=O)C[C@H]1[C@@]2(C)C[C@]3(O)[C@@](O)([C@@H](OC(C)=O)[C@]4(O)C5CC(=O)O[C@H](c6ccoc6)[C@]5(C)[C@H](O)[C@@H](OC(C)=O)[C@@]4(O)[C@]13COC(C)=O)[C@H]2OC(C)=O. The number of rotatable bonds is 8. The lowest BCUT2D eigenvalue weighted by atomic mass is 9.32. The Morgan fingerprint density at radius 2 is 1.49 bits per heavy atom. The van der Waals surface area contributed by atoms with Crippen LogP contribution in [0.4, 0.5) is 0 Å². The molecule has 4 saturated carbocycles. The van der Waals surface area contributed by atoms with Gasteiger partial charge in [-0.1, -0.05) is 13.8 Å². The van der Waals surface area contributed by atoms with E-state index in [2.05, 4.69) is 0 Å². The van der Waals surface area contributed by atoms with Crippen molar-refractivity contribution in [1.82, 2.24) is 0 Å². The number of carbonyl (C=O) groups excluding carboxylic acids is 6. The molecule has 5 fully saturated rings. The summed E-state index contributed by atoms with van der Waals surface area (Å²) in [4.78, 5) is 78.6. The van der Waals surface area contributed by atoms with Crippen LogP contribution in [-0.4, -0.2) is 122 Å². The Hall–Kier alpha value is -4.10. The highest BCUT2D eigenvalue weighted by molar-refractivity contribution is 5.75. The molecule has 1 aromatic heterocycles. The van der Waals surface area contributed by atoms with Crippen LogP contribution in [-0.2, 0) is 57.2 Å². The Bertz CT molecular complexity index is 1740. The van der Waals surface area contributed by atoms with Crippen LogP contribution in [0.15, 0.2) is 23.0 Å². The van der Waals surface area contributed by atoms with E-state index in [0.29, 0.717) is 0 Å². The van der Waals surface area contributed by atoms with Gasteiger partial charge in [0.15, 0.2) is 17.8 Å². The van der Waals surface area contributed by atoms with E-state index < -0.39 is 143 Å². The number of esters is 6. The van der Waals surface area contributed by atoms with Crippen LogP contribution in [0.25, 0.3) is 0 Å². The van der Waals surface area contributed by atoms with Crippen molar-refractivity contribution in [3.05, 3.63) is 24.2 Å². The van der Waals surface area contributed by atoms with Gasteiger partial charge in [0.1, 0.15) is 41.7 Å². The highest BCUT2D eigenvalue weighted by Gasteiger charge is 3.01. The van der Waals surface area contributed by atoms with Gasteiger partial charge in [0, 0.05) is 56.4 Å². The van der Waals surface area contributed by atoms with Crippen molar-refractivity contribution >= 4 is 35.8 Å². The number of methoxy groups -OCH3 is 1. The van der Waals surface area contributed by atoms with E-state index in [4.69, 9.17) is 32.8 Å². The first-order valence-corrected chi connectivity index (χ1v) is 17.0. The number of furan rings is 1. The first-order valence-electron chi connectivity index (χ1n) is 17.0. The highest BCUT2D eigenvalue weighted by Crippen LogP contribution is 2.83. The molecule has 18 heteroatoms. The fraction of sp³-hybridized carbons (Fsp3) is 0.714. The monoisotopic (exact) mass is 752 g/mol. The Morgan fingerprint density at radius 1 is 0.887 bits per heavy atom. The van der Waals surface area contributed by atoms with Crippen molar-refractivity contribution in [3.63, 3.8) is 0 Å². The minimum Gasteiger partial charge on any atom is -0.472 e. The molecule has 1 saturated heterocycles. The van der Waals surface area contributed by atoms with Gasteiger partial charge in [0.2, 0.25) is 0 Å². The molecule has 0 spiro atoms. The van der Waals surface area contributed by atoms with Crippen LogP contribution in [0.5, 0.6) is 0 Å². The van der Waals surface area contributed by atoms with E-state index in [0.717, 1.165) is 34.8 Å². The number of cyclic esters (lactones) is 1. The molecule has 6 rings (SSSR count). The van der Waals surface area contributed by atoms with E-state index in [9.17, 15) is 54.3 Å². The minimum atomic E-state index is -3.41. The zero-order valence-corrected chi connectivity index (χ0v) is 30.1. The fourth-order valence-electron chi connectivity index (χ4n) is 11.5. The largest absolute Gasteiger partial charge is 0.472 e. The molecular formula is C35H44O18. The van der Waals surface area contributed by atoms with Gasteiger partial charge in [0.05, 0.1) is 31.5 Å². The van der Waals surface area contributed by atoms with Gasteiger partial charge >= 0.3 is 35.8 Å². The molecule has 0 radical (unpaired) electrons. The summed E-state index contributed by atoms with van der Waals surface area (Å²) in [5.74, 6) is -9.83. The van der Waals surface area contributed by atoms with E-state index in [1.54, 1.807) is 0 Å². The standard InChI is InChI=1S/C35H44O18/c1-15(36)49-14-31-20(10-22(40)47-7)29(5)13-32(31,43)34(45,27(29)51-17(3)38)28(52-18(4)39)33(44)21-11-23(41)53-25(19-8-9-48-12-19)30(21,6)24(42)26(35(31,33)46)50-16(2)37/h8-9,12,20-21,24-28,42-46H,10-11,13-14H2,1-7H3/t20-,21?,24+,25+,26+,27-,28-,29+,30-,31+,32+,33+,34-,35+/m0/s1. The Morgan fingerprint density at radius 3 is 2.02 bits per heavy atom. The summed E-state index contributed by atoms with van der Waals surface area (Å²) < 4.78 is 38.7. The van der Waals surface area contributed by atoms with Crippen LogP contribution in [0.1, 0.15) is 72.5 Å². The van der Waals surface area contributed by atoms with Gasteiger partial charge < -0.3 is 58.4 Å². The quantitative estimate of drug-likeness (QED) is 0.160. The zero-order chi connectivity index (χ0) is 39.5. The van der Waals surface area contributed by atoms with Crippen molar-refractivity contribution in [3.8, 4) is 0 Å². The Labute approximate surface area is 302 Å². The lowest BCUT2D eigenvalue weighted by Crippen LogP contribution is -2.98. The lowest BCUT2D eigenvalue weighted by molar-refractivity contribution is -0.468. The second-order valence-corrected chi connectivity index (χ2v) is 15.5. The molecule has 14 atom stereocenters. The zero-order valence-electron chi connectivity index (χ0n) is 30.1. The predicted octanol–water partition coefficient (Wildman–Crippen LogP) is -0.850. The maximum absolute atomic E-state index is 13.9. The second-order valence-electron chi connectivity index (χ2n) is 15.5. The summed E-state index contributed by atoms with van der Waals surface area (Å²) in [6.45, 7) is 5.35. The van der Waals surface area contributed by atoms with E-state index >= 15 is 0 Å². The lowest BCUT2D eigenvalue weighted by Gasteiger charge is -2.78. The van der Waals surface area contributed by atoms with Crippen LogP contribution in [0, 0.1) is 28.1 Å². The third-order valence-corrected chi connectivity index (χ3v) is 13.1. The summed E-state index contributed by atoms with van der Waals surface area (Å²) >= 11 is 0. The number of aliphatic hydroxyl groups is 5. The molecule has 5 aliphatic rings. The molecular weight excluding hydrogens is 708 g/mol. The topological polar surface area (TPSA) is 272 Å². The van der Waals surface area contributed by atoms with Gasteiger partial charge in [-0.2, -0.15) is 0 Å². The van der Waals surface area contributed by atoms with Crippen molar-refractivity contribution in [1.29, 1.82) is 0 Å². The molecule has 0 aromatic carbocycles. The highest BCUT2D eigenvalue weighted by atomic mass is 16.6. The van der Waals surface area contributed by atoms with Gasteiger partial charge in [-0.15, -0.1) is 0 Å². The Kier molecular flexibility index (Phi) is 8.71. The van der Waals surface area contributed by atoms with E-state index in [1.165, 1.54) is 32.4 Å². The summed E-state index contributed by atoms with van der Waals surface area (Å²) in [5, 5.41) is 67.0. The third-order valence-electron chi connectivity index (χ3n) is 13.1.